The first kappa shape index (κ1) is 30.0. The van der Waals surface area contributed by atoms with Crippen LogP contribution in [-0.4, -0.2) is 59.9 Å². The first-order valence-electron chi connectivity index (χ1n) is 14.6. The molecule has 6 atom stereocenters. The highest BCUT2D eigenvalue weighted by molar-refractivity contribution is 6.77. The average Bonchev–Trinajstić information content (AvgIpc) is 2.77. The highest BCUT2D eigenvalue weighted by Gasteiger charge is 2.47. The summed E-state index contributed by atoms with van der Waals surface area (Å²) in [4.78, 5) is 2.41. The highest BCUT2D eigenvalue weighted by Crippen LogP contribution is 2.44. The molecular formula is C29H57NO3Si. The maximum atomic E-state index is 10.7. The van der Waals surface area contributed by atoms with Gasteiger partial charge in [0.15, 0.2) is 0 Å². The number of piperidine rings is 2. The molecule has 2 rings (SSSR count). The van der Waals surface area contributed by atoms with Crippen molar-refractivity contribution in [1.82, 2.24) is 4.90 Å². The van der Waals surface area contributed by atoms with Crippen LogP contribution in [0.1, 0.15) is 120 Å². The Morgan fingerprint density at radius 1 is 0.853 bits per heavy atom. The van der Waals surface area contributed by atoms with Gasteiger partial charge in [0.1, 0.15) is 0 Å². The molecule has 0 aliphatic carbocycles. The van der Waals surface area contributed by atoms with Crippen LogP contribution in [0.4, 0.5) is 0 Å². The molecule has 0 spiro atoms. The van der Waals surface area contributed by atoms with Crippen molar-refractivity contribution in [1.29, 1.82) is 0 Å². The summed E-state index contributed by atoms with van der Waals surface area (Å²) < 4.78 is 7.26. The Hall–Kier alpha value is -0.203. The smallest absolute Gasteiger partial charge is 0.201 e. The number of nitrogens with zero attached hydrogens (tertiary/aromatic N) is 1. The van der Waals surface area contributed by atoms with Crippen LogP contribution in [0.3, 0.4) is 0 Å². The predicted octanol–water partition coefficient (Wildman–Crippen LogP) is 7.20. The summed E-state index contributed by atoms with van der Waals surface area (Å²) in [6.45, 7) is 18.6. The molecule has 5 heteroatoms. The second-order valence-corrected chi connectivity index (χ2v) is 17.6. The SMILES string of the molecule is CCCCCCC[C@@H](/C=C/[C@@H]1CC[C@@H](O)[C@H]2CC[C@@H](O)[C@H](C)N12)O[Si](C(C)C)(C(C)C)C(C)C. The van der Waals surface area contributed by atoms with Crippen LogP contribution in [0.2, 0.25) is 16.6 Å². The maximum Gasteiger partial charge on any atom is 0.201 e. The molecule has 2 N–H and O–H groups in total. The molecule has 0 bridgehead atoms. The van der Waals surface area contributed by atoms with E-state index in [4.69, 9.17) is 4.43 Å². The third-order valence-electron chi connectivity index (χ3n) is 8.96. The summed E-state index contributed by atoms with van der Waals surface area (Å²) in [5.74, 6) is 0. The van der Waals surface area contributed by atoms with E-state index in [0.717, 1.165) is 32.1 Å². The van der Waals surface area contributed by atoms with Gasteiger partial charge in [0.05, 0.1) is 18.3 Å². The van der Waals surface area contributed by atoms with Crippen LogP contribution in [0.15, 0.2) is 12.2 Å². The molecule has 4 nitrogen and oxygen atoms in total. The number of fused-ring (bicyclic) bond motifs is 1. The summed E-state index contributed by atoms with van der Waals surface area (Å²) in [6, 6.07) is 0.538. The lowest BCUT2D eigenvalue weighted by atomic mass is 9.82. The summed E-state index contributed by atoms with van der Waals surface area (Å²) >= 11 is 0. The molecule has 0 saturated carbocycles. The molecule has 0 amide bonds. The summed E-state index contributed by atoms with van der Waals surface area (Å²) in [5.41, 5.74) is 1.74. The van der Waals surface area contributed by atoms with E-state index < -0.39 is 8.32 Å². The fourth-order valence-corrected chi connectivity index (χ4v) is 12.7. The van der Waals surface area contributed by atoms with Crippen molar-refractivity contribution < 1.29 is 14.6 Å². The Morgan fingerprint density at radius 3 is 2.03 bits per heavy atom. The Kier molecular flexibility index (Phi) is 12.3. The first-order chi connectivity index (χ1) is 16.1. The van der Waals surface area contributed by atoms with Crippen molar-refractivity contribution in [2.45, 2.75) is 173 Å². The summed E-state index contributed by atoms with van der Waals surface area (Å²) in [6.07, 6.45) is 15.4. The lowest BCUT2D eigenvalue weighted by Crippen LogP contribution is -2.62. The number of hydrogen-bond acceptors (Lipinski definition) is 4. The van der Waals surface area contributed by atoms with E-state index in [0.29, 0.717) is 16.6 Å². The van der Waals surface area contributed by atoms with Crippen molar-refractivity contribution in [2.24, 2.45) is 0 Å². The topological polar surface area (TPSA) is 52.9 Å². The van der Waals surface area contributed by atoms with Crippen LogP contribution in [0, 0.1) is 0 Å². The number of aliphatic hydroxyl groups is 2. The molecule has 0 aromatic rings. The molecule has 200 valence electrons. The summed E-state index contributed by atoms with van der Waals surface area (Å²) in [5, 5.41) is 21.2. The van der Waals surface area contributed by atoms with Crippen molar-refractivity contribution in [2.75, 3.05) is 0 Å². The van der Waals surface area contributed by atoms with Crippen LogP contribution in [0.25, 0.3) is 0 Å². The first-order valence-corrected chi connectivity index (χ1v) is 16.7. The second-order valence-electron chi connectivity index (χ2n) is 12.2. The van der Waals surface area contributed by atoms with E-state index in [1.807, 2.05) is 0 Å². The molecule has 2 aliphatic rings. The molecule has 0 aromatic carbocycles. The number of rotatable bonds is 13. The van der Waals surface area contributed by atoms with Crippen LogP contribution >= 0.6 is 0 Å². The molecular weight excluding hydrogens is 438 g/mol. The molecule has 0 unspecified atom stereocenters. The third-order valence-corrected chi connectivity index (χ3v) is 15.1. The van der Waals surface area contributed by atoms with E-state index in [1.165, 1.54) is 32.1 Å². The monoisotopic (exact) mass is 495 g/mol. The average molecular weight is 496 g/mol. The van der Waals surface area contributed by atoms with E-state index >= 15 is 0 Å². The Morgan fingerprint density at radius 2 is 1.44 bits per heavy atom. The molecule has 34 heavy (non-hydrogen) atoms. The quantitative estimate of drug-likeness (QED) is 0.161. The lowest BCUT2D eigenvalue weighted by Gasteiger charge is -2.51. The summed E-state index contributed by atoms with van der Waals surface area (Å²) in [7, 11) is -1.97. The van der Waals surface area contributed by atoms with Crippen molar-refractivity contribution in [3.05, 3.63) is 12.2 Å². The fraction of sp³-hybridized carbons (Fsp3) is 0.931. The number of aliphatic hydroxyl groups excluding tert-OH is 2. The van der Waals surface area contributed by atoms with Gasteiger partial charge in [-0.2, -0.15) is 0 Å². The molecule has 2 fully saturated rings. The van der Waals surface area contributed by atoms with Crippen LogP contribution in [-0.2, 0) is 4.43 Å². The van der Waals surface area contributed by atoms with Crippen LogP contribution in [0.5, 0.6) is 0 Å². The van der Waals surface area contributed by atoms with Gasteiger partial charge in [0.25, 0.3) is 0 Å². The Balaban J connectivity index is 2.24. The van der Waals surface area contributed by atoms with Gasteiger partial charge in [-0.1, -0.05) is 92.7 Å². The molecule has 2 heterocycles. The fourth-order valence-electron chi connectivity index (χ4n) is 7.12. The lowest BCUT2D eigenvalue weighted by molar-refractivity contribution is -0.0937. The van der Waals surface area contributed by atoms with Gasteiger partial charge in [-0.3, -0.25) is 4.90 Å². The molecule has 2 aliphatic heterocycles. The van der Waals surface area contributed by atoms with Gasteiger partial charge in [-0.25, -0.2) is 0 Å². The van der Waals surface area contributed by atoms with E-state index in [9.17, 15) is 10.2 Å². The van der Waals surface area contributed by atoms with E-state index in [-0.39, 0.29) is 36.4 Å². The Labute approximate surface area is 212 Å². The van der Waals surface area contributed by atoms with E-state index in [1.54, 1.807) is 0 Å². The van der Waals surface area contributed by atoms with Crippen molar-refractivity contribution >= 4 is 8.32 Å². The molecule has 0 radical (unpaired) electrons. The van der Waals surface area contributed by atoms with Crippen molar-refractivity contribution in [3.63, 3.8) is 0 Å². The maximum absolute atomic E-state index is 10.7. The van der Waals surface area contributed by atoms with E-state index in [2.05, 4.69) is 72.4 Å². The normalized spacial score (nSPS) is 30.0. The zero-order valence-electron chi connectivity index (χ0n) is 23.7. The molecule has 0 aromatic heterocycles. The zero-order chi connectivity index (χ0) is 25.5. The Bertz CT molecular complexity index is 586. The van der Waals surface area contributed by atoms with Crippen molar-refractivity contribution in [3.8, 4) is 0 Å². The van der Waals surface area contributed by atoms with Gasteiger partial charge in [-0.15, -0.1) is 0 Å². The van der Waals surface area contributed by atoms with Gasteiger partial charge in [0, 0.05) is 18.1 Å². The van der Waals surface area contributed by atoms with Gasteiger partial charge in [0.2, 0.25) is 8.32 Å². The van der Waals surface area contributed by atoms with Gasteiger partial charge < -0.3 is 14.6 Å². The largest absolute Gasteiger partial charge is 0.410 e. The second kappa shape index (κ2) is 13.9. The minimum atomic E-state index is -1.97. The number of hydrogen-bond donors (Lipinski definition) is 2. The number of unbranched alkanes of at least 4 members (excludes halogenated alkanes) is 4. The molecule has 2 saturated heterocycles. The zero-order valence-corrected chi connectivity index (χ0v) is 24.7. The van der Waals surface area contributed by atoms with Gasteiger partial charge >= 0.3 is 0 Å². The minimum Gasteiger partial charge on any atom is -0.410 e. The highest BCUT2D eigenvalue weighted by atomic mass is 28.4. The van der Waals surface area contributed by atoms with Crippen LogP contribution < -0.4 is 0 Å². The van der Waals surface area contributed by atoms with Gasteiger partial charge in [-0.05, 0) is 55.7 Å². The third kappa shape index (κ3) is 7.18. The minimum absolute atomic E-state index is 0.0900. The predicted molar refractivity (Wildman–Crippen MR) is 148 cm³/mol. The standard InChI is InChI=1S/C29H57NO3Si/c1-9-10-11-12-13-14-26(33-34(21(2)3,22(4)5)23(6)7)17-15-25-16-19-29(32)27-18-20-28(31)24(8)30(25)27/h15,17,21-29,31-32H,9-14,16,18-20H2,1-8H3/b17-15+/t24-,25+,26-,27+,28+,29+/m0/s1.